The maximum atomic E-state index is 12.2. The van der Waals surface area contributed by atoms with Crippen LogP contribution in [-0.4, -0.2) is 48.4 Å². The van der Waals surface area contributed by atoms with Gasteiger partial charge < -0.3 is 10.3 Å². The number of aromatic amines is 1. The van der Waals surface area contributed by atoms with Gasteiger partial charge in [-0.05, 0) is 26.8 Å². The fraction of sp³-hybridized carbons (Fsp3) is 0.700. The van der Waals surface area contributed by atoms with Crippen molar-refractivity contribution >= 4 is 10.0 Å². The van der Waals surface area contributed by atoms with Crippen LogP contribution in [0, 0.1) is 0 Å². The van der Waals surface area contributed by atoms with Gasteiger partial charge in [0.05, 0.1) is 12.5 Å². The summed E-state index contributed by atoms with van der Waals surface area (Å²) in [6.45, 7) is 3.20. The van der Waals surface area contributed by atoms with Gasteiger partial charge in [-0.25, -0.2) is 13.4 Å². The van der Waals surface area contributed by atoms with Crippen LogP contribution in [0.25, 0.3) is 0 Å². The van der Waals surface area contributed by atoms with Crippen molar-refractivity contribution in [3.8, 4) is 0 Å². The number of aromatic nitrogens is 2. The Morgan fingerprint density at radius 1 is 1.47 bits per heavy atom. The Labute approximate surface area is 101 Å². The SMILES string of the molecule is CNC1(C)CCN(S(=O)(=O)c2cnc[nH]2)CC1. The Hall–Kier alpha value is -0.920. The van der Waals surface area contributed by atoms with Gasteiger partial charge in [0.1, 0.15) is 0 Å². The minimum Gasteiger partial charge on any atom is -0.335 e. The monoisotopic (exact) mass is 258 g/mol. The molecule has 96 valence electrons. The van der Waals surface area contributed by atoms with E-state index in [2.05, 4.69) is 22.2 Å². The number of rotatable bonds is 3. The summed E-state index contributed by atoms with van der Waals surface area (Å²) in [7, 11) is -1.47. The van der Waals surface area contributed by atoms with E-state index in [1.165, 1.54) is 16.8 Å². The zero-order chi connectivity index (χ0) is 12.5. The van der Waals surface area contributed by atoms with Crippen molar-refractivity contribution in [3.63, 3.8) is 0 Å². The molecule has 0 aliphatic carbocycles. The van der Waals surface area contributed by atoms with E-state index in [-0.39, 0.29) is 10.6 Å². The van der Waals surface area contributed by atoms with Crippen molar-refractivity contribution in [1.82, 2.24) is 19.6 Å². The molecule has 0 radical (unpaired) electrons. The molecule has 0 saturated carbocycles. The Bertz CT molecular complexity index is 461. The molecule has 1 aromatic heterocycles. The Morgan fingerprint density at radius 2 is 2.12 bits per heavy atom. The second-order valence-electron chi connectivity index (χ2n) is 4.63. The summed E-state index contributed by atoms with van der Waals surface area (Å²) in [5, 5.41) is 3.42. The van der Waals surface area contributed by atoms with Crippen LogP contribution < -0.4 is 5.32 Å². The molecule has 2 heterocycles. The normalized spacial score (nSPS) is 21.5. The molecule has 7 heteroatoms. The first-order valence-electron chi connectivity index (χ1n) is 5.65. The average Bonchev–Trinajstić information content (AvgIpc) is 2.84. The predicted octanol–water partition coefficient (Wildman–Crippen LogP) is 0.172. The number of imidazole rings is 1. The third kappa shape index (κ3) is 2.36. The Kier molecular flexibility index (Phi) is 3.24. The van der Waals surface area contributed by atoms with Crippen LogP contribution >= 0.6 is 0 Å². The molecule has 1 aliphatic heterocycles. The van der Waals surface area contributed by atoms with E-state index in [9.17, 15) is 8.42 Å². The number of hydrogen-bond donors (Lipinski definition) is 2. The summed E-state index contributed by atoms with van der Waals surface area (Å²) in [5.74, 6) is 0. The van der Waals surface area contributed by atoms with Crippen LogP contribution in [-0.2, 0) is 10.0 Å². The summed E-state index contributed by atoms with van der Waals surface area (Å²) >= 11 is 0. The fourth-order valence-corrected chi connectivity index (χ4v) is 3.33. The lowest BCUT2D eigenvalue weighted by molar-refractivity contribution is 0.219. The number of sulfonamides is 1. The second-order valence-corrected chi connectivity index (χ2v) is 6.54. The first kappa shape index (κ1) is 12.5. The van der Waals surface area contributed by atoms with Crippen molar-refractivity contribution in [3.05, 3.63) is 12.5 Å². The Balaban J connectivity index is 2.12. The zero-order valence-corrected chi connectivity index (χ0v) is 10.9. The van der Waals surface area contributed by atoms with Crippen LogP contribution in [0.1, 0.15) is 19.8 Å². The molecule has 1 saturated heterocycles. The minimum absolute atomic E-state index is 0.0417. The second kappa shape index (κ2) is 4.40. The van der Waals surface area contributed by atoms with E-state index in [1.807, 2.05) is 7.05 Å². The molecule has 2 N–H and O–H groups in total. The van der Waals surface area contributed by atoms with Crippen molar-refractivity contribution in [1.29, 1.82) is 0 Å². The van der Waals surface area contributed by atoms with E-state index in [1.54, 1.807) is 0 Å². The van der Waals surface area contributed by atoms with Gasteiger partial charge >= 0.3 is 0 Å². The van der Waals surface area contributed by atoms with Crippen molar-refractivity contribution in [2.24, 2.45) is 0 Å². The molecule has 2 rings (SSSR count). The predicted molar refractivity (Wildman–Crippen MR) is 64.0 cm³/mol. The molecule has 0 aromatic carbocycles. The largest absolute Gasteiger partial charge is 0.335 e. The molecule has 0 atom stereocenters. The summed E-state index contributed by atoms with van der Waals surface area (Å²) in [4.78, 5) is 6.41. The van der Waals surface area contributed by atoms with E-state index < -0.39 is 10.0 Å². The fourth-order valence-electron chi connectivity index (χ4n) is 1.99. The molecule has 0 spiro atoms. The standard InChI is InChI=1S/C10H18N4O2S/c1-10(11-2)3-5-14(6-4-10)17(15,16)9-7-12-8-13-9/h7-8,11H,3-6H2,1-2H3,(H,12,13). The van der Waals surface area contributed by atoms with Crippen LogP contribution in [0.4, 0.5) is 0 Å². The van der Waals surface area contributed by atoms with Gasteiger partial charge in [0.25, 0.3) is 10.0 Å². The summed E-state index contributed by atoms with van der Waals surface area (Å²) in [5.41, 5.74) is 0.0417. The quantitative estimate of drug-likeness (QED) is 0.810. The van der Waals surface area contributed by atoms with Crippen LogP contribution in [0.3, 0.4) is 0 Å². The summed E-state index contributed by atoms with van der Waals surface area (Å²) in [6.07, 6.45) is 4.36. The highest BCUT2D eigenvalue weighted by atomic mass is 32.2. The molecule has 0 bridgehead atoms. The molecule has 0 unspecified atom stereocenters. The maximum Gasteiger partial charge on any atom is 0.260 e. The molecule has 1 aromatic rings. The molecule has 0 amide bonds. The van der Waals surface area contributed by atoms with Gasteiger partial charge in [0.2, 0.25) is 0 Å². The lowest BCUT2D eigenvalue weighted by atomic mass is 9.91. The lowest BCUT2D eigenvalue weighted by Crippen LogP contribution is -2.51. The molecule has 17 heavy (non-hydrogen) atoms. The smallest absolute Gasteiger partial charge is 0.260 e. The number of nitrogens with one attached hydrogen (secondary N) is 2. The molecule has 1 fully saturated rings. The molecule has 1 aliphatic rings. The highest BCUT2D eigenvalue weighted by Gasteiger charge is 2.34. The molecular weight excluding hydrogens is 240 g/mol. The summed E-state index contributed by atoms with van der Waals surface area (Å²) < 4.78 is 25.9. The minimum atomic E-state index is -3.39. The number of hydrogen-bond acceptors (Lipinski definition) is 4. The Morgan fingerprint density at radius 3 is 2.59 bits per heavy atom. The lowest BCUT2D eigenvalue weighted by Gasteiger charge is -2.38. The zero-order valence-electron chi connectivity index (χ0n) is 10.1. The van der Waals surface area contributed by atoms with E-state index >= 15 is 0 Å². The highest BCUT2D eigenvalue weighted by Crippen LogP contribution is 2.25. The van der Waals surface area contributed by atoms with E-state index in [4.69, 9.17) is 0 Å². The average molecular weight is 258 g/mol. The van der Waals surface area contributed by atoms with Crippen molar-refractivity contribution in [2.75, 3.05) is 20.1 Å². The van der Waals surface area contributed by atoms with Crippen LogP contribution in [0.15, 0.2) is 17.6 Å². The molecular formula is C10H18N4O2S. The third-order valence-corrected chi connectivity index (χ3v) is 5.34. The van der Waals surface area contributed by atoms with Gasteiger partial charge in [-0.15, -0.1) is 0 Å². The van der Waals surface area contributed by atoms with Gasteiger partial charge in [0, 0.05) is 18.6 Å². The maximum absolute atomic E-state index is 12.2. The third-order valence-electron chi connectivity index (χ3n) is 3.52. The number of H-pyrrole nitrogens is 1. The van der Waals surface area contributed by atoms with E-state index in [0.717, 1.165) is 12.8 Å². The van der Waals surface area contributed by atoms with Gasteiger partial charge in [-0.1, -0.05) is 0 Å². The van der Waals surface area contributed by atoms with Crippen LogP contribution in [0.5, 0.6) is 0 Å². The van der Waals surface area contributed by atoms with Crippen LogP contribution in [0.2, 0.25) is 0 Å². The van der Waals surface area contributed by atoms with Gasteiger partial charge in [0.15, 0.2) is 5.03 Å². The number of nitrogens with zero attached hydrogens (tertiary/aromatic N) is 2. The van der Waals surface area contributed by atoms with Crippen molar-refractivity contribution in [2.45, 2.75) is 30.3 Å². The number of piperidine rings is 1. The van der Waals surface area contributed by atoms with Gasteiger partial charge in [-0.3, -0.25) is 0 Å². The first-order chi connectivity index (χ1) is 7.98. The van der Waals surface area contributed by atoms with Crippen molar-refractivity contribution < 1.29 is 8.42 Å². The van der Waals surface area contributed by atoms with Gasteiger partial charge in [-0.2, -0.15) is 4.31 Å². The summed E-state index contributed by atoms with van der Waals surface area (Å²) in [6, 6.07) is 0. The first-order valence-corrected chi connectivity index (χ1v) is 7.09. The molecule has 6 nitrogen and oxygen atoms in total. The van der Waals surface area contributed by atoms with E-state index in [0.29, 0.717) is 13.1 Å². The highest BCUT2D eigenvalue weighted by molar-refractivity contribution is 7.89. The topological polar surface area (TPSA) is 78.1 Å².